The molecular weight excluding hydrogens is 347 g/mol. The minimum absolute atomic E-state index is 0.0656. The molecule has 1 aliphatic rings. The zero-order valence-electron chi connectivity index (χ0n) is 15.2. The first kappa shape index (κ1) is 18.9. The normalized spacial score (nSPS) is 21.4. The van der Waals surface area contributed by atoms with Gasteiger partial charge in [-0.2, -0.15) is 0 Å². The summed E-state index contributed by atoms with van der Waals surface area (Å²) in [4.78, 5) is 30.6. The first-order valence-corrected chi connectivity index (χ1v) is 8.67. The SMILES string of the molecule is CC1(C)CN(CC(=O)O)C(c2ccc(F)cc2)/C(=C\c2ccccn2)C1=O. The molecule has 0 saturated carbocycles. The van der Waals surface area contributed by atoms with Crippen LogP contribution < -0.4 is 0 Å². The Kier molecular flexibility index (Phi) is 5.19. The number of carbonyl (C=O) groups is 2. The van der Waals surface area contributed by atoms with Crippen LogP contribution in [0.2, 0.25) is 0 Å². The number of piperidine rings is 1. The van der Waals surface area contributed by atoms with Gasteiger partial charge in [-0.25, -0.2) is 4.39 Å². The van der Waals surface area contributed by atoms with Gasteiger partial charge in [-0.1, -0.05) is 32.0 Å². The largest absolute Gasteiger partial charge is 0.480 e. The topological polar surface area (TPSA) is 70.5 Å². The van der Waals surface area contributed by atoms with Gasteiger partial charge >= 0.3 is 5.97 Å². The van der Waals surface area contributed by atoms with E-state index in [9.17, 15) is 19.1 Å². The smallest absolute Gasteiger partial charge is 0.317 e. The van der Waals surface area contributed by atoms with E-state index in [1.807, 2.05) is 6.07 Å². The third-order valence-corrected chi connectivity index (χ3v) is 4.65. The van der Waals surface area contributed by atoms with Crippen LogP contribution in [0.15, 0.2) is 54.2 Å². The van der Waals surface area contributed by atoms with Crippen LogP contribution in [0, 0.1) is 11.2 Å². The number of nitrogens with zero attached hydrogens (tertiary/aromatic N) is 2. The molecule has 1 N–H and O–H groups in total. The lowest BCUT2D eigenvalue weighted by Crippen LogP contribution is -2.50. The van der Waals surface area contributed by atoms with Crippen LogP contribution in [0.3, 0.4) is 0 Å². The minimum atomic E-state index is -0.982. The van der Waals surface area contributed by atoms with Crippen molar-refractivity contribution in [1.82, 2.24) is 9.88 Å². The molecule has 1 aliphatic heterocycles. The van der Waals surface area contributed by atoms with Gasteiger partial charge in [0.1, 0.15) is 5.82 Å². The molecule has 1 unspecified atom stereocenters. The lowest BCUT2D eigenvalue weighted by atomic mass is 9.74. The zero-order chi connectivity index (χ0) is 19.6. The number of Topliss-reactive ketones (excluding diaryl/α,β-unsaturated/α-hetero) is 1. The number of carbonyl (C=O) groups excluding carboxylic acids is 1. The number of ketones is 1. The summed E-state index contributed by atoms with van der Waals surface area (Å²) < 4.78 is 13.4. The van der Waals surface area contributed by atoms with Gasteiger partial charge in [-0.05, 0) is 35.9 Å². The summed E-state index contributed by atoms with van der Waals surface area (Å²) in [5.41, 5.74) is 0.995. The van der Waals surface area contributed by atoms with Gasteiger partial charge in [-0.15, -0.1) is 0 Å². The van der Waals surface area contributed by atoms with Crippen molar-refractivity contribution in [2.45, 2.75) is 19.9 Å². The molecule has 0 amide bonds. The van der Waals surface area contributed by atoms with Crippen LogP contribution in [-0.4, -0.2) is 39.8 Å². The molecular formula is C21H21FN2O3. The molecule has 0 radical (unpaired) electrons. The highest BCUT2D eigenvalue weighted by Crippen LogP contribution is 2.41. The second-order valence-corrected chi connectivity index (χ2v) is 7.32. The second kappa shape index (κ2) is 7.40. The summed E-state index contributed by atoms with van der Waals surface area (Å²) in [5, 5.41) is 9.37. The van der Waals surface area contributed by atoms with E-state index in [0.29, 0.717) is 23.4 Å². The van der Waals surface area contributed by atoms with Gasteiger partial charge in [0.15, 0.2) is 5.78 Å². The monoisotopic (exact) mass is 368 g/mol. The van der Waals surface area contributed by atoms with E-state index in [-0.39, 0.29) is 18.1 Å². The molecule has 1 fully saturated rings. The Labute approximate surface area is 157 Å². The number of aromatic nitrogens is 1. The second-order valence-electron chi connectivity index (χ2n) is 7.32. The predicted octanol–water partition coefficient (Wildman–Crippen LogP) is 3.34. The zero-order valence-corrected chi connectivity index (χ0v) is 15.2. The van der Waals surface area contributed by atoms with Gasteiger partial charge in [0.2, 0.25) is 0 Å². The number of carboxylic acid groups (broad SMARTS) is 1. The van der Waals surface area contributed by atoms with Crippen molar-refractivity contribution < 1.29 is 19.1 Å². The molecule has 0 aliphatic carbocycles. The Hall–Kier alpha value is -2.86. The van der Waals surface area contributed by atoms with Crippen molar-refractivity contribution in [3.8, 4) is 0 Å². The van der Waals surface area contributed by atoms with Crippen molar-refractivity contribution in [2.24, 2.45) is 5.41 Å². The molecule has 5 nitrogen and oxygen atoms in total. The van der Waals surface area contributed by atoms with Crippen molar-refractivity contribution >= 4 is 17.8 Å². The molecule has 1 aromatic heterocycles. The molecule has 1 atom stereocenters. The average Bonchev–Trinajstić information content (AvgIpc) is 2.61. The highest BCUT2D eigenvalue weighted by atomic mass is 19.1. The molecule has 2 heterocycles. The van der Waals surface area contributed by atoms with Crippen molar-refractivity contribution in [3.05, 3.63) is 71.3 Å². The van der Waals surface area contributed by atoms with Crippen molar-refractivity contribution in [3.63, 3.8) is 0 Å². The first-order valence-electron chi connectivity index (χ1n) is 8.67. The van der Waals surface area contributed by atoms with E-state index in [1.54, 1.807) is 55.3 Å². The maximum absolute atomic E-state index is 13.4. The van der Waals surface area contributed by atoms with E-state index in [4.69, 9.17) is 0 Å². The number of hydrogen-bond acceptors (Lipinski definition) is 4. The van der Waals surface area contributed by atoms with Crippen molar-refractivity contribution in [2.75, 3.05) is 13.1 Å². The number of pyridine rings is 1. The summed E-state index contributed by atoms with van der Waals surface area (Å²) in [6.07, 6.45) is 3.33. The van der Waals surface area contributed by atoms with Crippen molar-refractivity contribution in [1.29, 1.82) is 0 Å². The Morgan fingerprint density at radius 3 is 2.59 bits per heavy atom. The molecule has 2 aromatic rings. The summed E-state index contributed by atoms with van der Waals surface area (Å²) >= 11 is 0. The lowest BCUT2D eigenvalue weighted by molar-refractivity contribution is -0.141. The van der Waals surface area contributed by atoms with E-state index in [1.165, 1.54) is 12.1 Å². The third-order valence-electron chi connectivity index (χ3n) is 4.65. The Morgan fingerprint density at radius 1 is 1.30 bits per heavy atom. The van der Waals surface area contributed by atoms with E-state index < -0.39 is 17.4 Å². The molecule has 0 bridgehead atoms. The molecule has 1 aromatic carbocycles. The number of benzene rings is 1. The summed E-state index contributed by atoms with van der Waals surface area (Å²) in [5.74, 6) is -1.44. The average molecular weight is 368 g/mol. The Morgan fingerprint density at radius 2 is 2.00 bits per heavy atom. The summed E-state index contributed by atoms with van der Waals surface area (Å²) in [7, 11) is 0. The van der Waals surface area contributed by atoms with Gasteiger partial charge in [0.05, 0.1) is 18.3 Å². The standard InChI is InChI=1S/C21H21FN2O3/c1-21(2)13-24(12-18(25)26)19(14-6-8-15(22)9-7-14)17(20(21)27)11-16-5-3-4-10-23-16/h3-11,19H,12-13H2,1-2H3,(H,25,26)/b17-11+. The number of carboxylic acids is 1. The minimum Gasteiger partial charge on any atom is -0.480 e. The number of hydrogen-bond donors (Lipinski definition) is 1. The summed E-state index contributed by atoms with van der Waals surface area (Å²) in [6, 6.07) is 10.6. The fourth-order valence-electron chi connectivity index (χ4n) is 3.50. The maximum Gasteiger partial charge on any atom is 0.317 e. The van der Waals surface area contributed by atoms with Crippen LogP contribution in [0.25, 0.3) is 6.08 Å². The van der Waals surface area contributed by atoms with Crippen LogP contribution >= 0.6 is 0 Å². The van der Waals surface area contributed by atoms with E-state index in [2.05, 4.69) is 4.98 Å². The number of halogens is 1. The fraction of sp³-hybridized carbons (Fsp3) is 0.286. The van der Waals surface area contributed by atoms with Gasteiger partial charge in [0.25, 0.3) is 0 Å². The van der Waals surface area contributed by atoms with Crippen LogP contribution in [0.5, 0.6) is 0 Å². The van der Waals surface area contributed by atoms with E-state index in [0.717, 1.165) is 0 Å². The lowest BCUT2D eigenvalue weighted by Gasteiger charge is -2.43. The quantitative estimate of drug-likeness (QED) is 0.838. The molecule has 6 heteroatoms. The third kappa shape index (κ3) is 4.11. The number of rotatable bonds is 4. The van der Waals surface area contributed by atoms with Gasteiger partial charge in [-0.3, -0.25) is 19.5 Å². The maximum atomic E-state index is 13.4. The molecule has 27 heavy (non-hydrogen) atoms. The highest BCUT2D eigenvalue weighted by molar-refractivity contribution is 6.05. The summed E-state index contributed by atoms with van der Waals surface area (Å²) in [6.45, 7) is 3.67. The van der Waals surface area contributed by atoms with Gasteiger partial charge < -0.3 is 5.11 Å². The van der Waals surface area contributed by atoms with Crippen LogP contribution in [0.1, 0.15) is 31.1 Å². The fourth-order valence-corrected chi connectivity index (χ4v) is 3.50. The predicted molar refractivity (Wildman–Crippen MR) is 99.4 cm³/mol. The molecule has 140 valence electrons. The molecule has 1 saturated heterocycles. The van der Waals surface area contributed by atoms with Crippen LogP contribution in [-0.2, 0) is 9.59 Å². The highest BCUT2D eigenvalue weighted by Gasteiger charge is 2.44. The first-order chi connectivity index (χ1) is 12.8. The molecule has 3 rings (SSSR count). The molecule has 0 spiro atoms. The van der Waals surface area contributed by atoms with E-state index >= 15 is 0 Å². The Bertz CT molecular complexity index is 876. The van der Waals surface area contributed by atoms with Crippen LogP contribution in [0.4, 0.5) is 4.39 Å². The number of aliphatic carboxylic acids is 1. The van der Waals surface area contributed by atoms with Gasteiger partial charge in [0, 0.05) is 23.7 Å². The number of likely N-dealkylation sites (tertiary alicyclic amines) is 1. The Balaban J connectivity index is 2.15.